The molecule has 2 saturated carbocycles. The summed E-state index contributed by atoms with van der Waals surface area (Å²) in [6.45, 7) is 2.34. The molecule has 0 aromatic heterocycles. The standard InChI is InChI=1S/C13H22O2/c1-10-6-8-13(9-7-10)14-11-4-2-3-5-12(11)15-13/h10-12H,2-9H2,1H3/t11-,12-/m1/s1. The predicted molar refractivity (Wildman–Crippen MR) is 58.6 cm³/mol. The first kappa shape index (κ1) is 10.1. The average molecular weight is 210 g/mol. The van der Waals surface area contributed by atoms with Crippen LogP contribution in [0.4, 0.5) is 0 Å². The maximum Gasteiger partial charge on any atom is 0.169 e. The number of rotatable bonds is 0. The zero-order chi connectivity index (χ0) is 10.3. The van der Waals surface area contributed by atoms with Gasteiger partial charge >= 0.3 is 0 Å². The van der Waals surface area contributed by atoms with Crippen LogP contribution in [0.1, 0.15) is 58.3 Å². The summed E-state index contributed by atoms with van der Waals surface area (Å²) in [5.74, 6) is 0.706. The molecule has 0 amide bonds. The first-order valence-electron chi connectivity index (χ1n) is 6.63. The van der Waals surface area contributed by atoms with Gasteiger partial charge in [-0.15, -0.1) is 0 Å². The van der Waals surface area contributed by atoms with Crippen LogP contribution in [-0.4, -0.2) is 18.0 Å². The molecule has 1 heterocycles. The van der Waals surface area contributed by atoms with Gasteiger partial charge in [-0.05, 0) is 31.6 Å². The molecule has 3 rings (SSSR count). The van der Waals surface area contributed by atoms with E-state index in [2.05, 4.69) is 6.92 Å². The third kappa shape index (κ3) is 1.83. The van der Waals surface area contributed by atoms with Gasteiger partial charge in [0, 0.05) is 12.8 Å². The van der Waals surface area contributed by atoms with Crippen LogP contribution in [0.3, 0.4) is 0 Å². The van der Waals surface area contributed by atoms with Crippen LogP contribution in [0.25, 0.3) is 0 Å². The Morgan fingerprint density at radius 1 is 0.867 bits per heavy atom. The highest BCUT2D eigenvalue weighted by molar-refractivity contribution is 4.90. The van der Waals surface area contributed by atoms with Crippen molar-refractivity contribution in [3.05, 3.63) is 0 Å². The van der Waals surface area contributed by atoms with Crippen molar-refractivity contribution in [1.82, 2.24) is 0 Å². The lowest BCUT2D eigenvalue weighted by molar-refractivity contribution is -0.198. The van der Waals surface area contributed by atoms with Crippen molar-refractivity contribution in [2.45, 2.75) is 76.3 Å². The molecular formula is C13H22O2. The lowest BCUT2D eigenvalue weighted by Gasteiger charge is -2.34. The van der Waals surface area contributed by atoms with E-state index < -0.39 is 0 Å². The molecule has 0 radical (unpaired) electrons. The minimum atomic E-state index is -0.161. The number of fused-ring (bicyclic) bond motifs is 1. The summed E-state index contributed by atoms with van der Waals surface area (Å²) in [7, 11) is 0. The van der Waals surface area contributed by atoms with Crippen molar-refractivity contribution in [1.29, 1.82) is 0 Å². The van der Waals surface area contributed by atoms with Crippen molar-refractivity contribution in [3.8, 4) is 0 Å². The molecule has 1 aliphatic heterocycles. The Kier molecular flexibility index (Phi) is 2.52. The number of hydrogen-bond acceptors (Lipinski definition) is 2. The molecule has 3 aliphatic rings. The highest BCUT2D eigenvalue weighted by atomic mass is 16.8. The Morgan fingerprint density at radius 2 is 1.40 bits per heavy atom. The molecule has 2 atom stereocenters. The minimum Gasteiger partial charge on any atom is -0.344 e. The van der Waals surface area contributed by atoms with Gasteiger partial charge < -0.3 is 9.47 Å². The van der Waals surface area contributed by atoms with E-state index in [0.29, 0.717) is 12.2 Å². The Hall–Kier alpha value is -0.0800. The molecule has 0 unspecified atom stereocenters. The summed E-state index contributed by atoms with van der Waals surface area (Å²) in [6.07, 6.45) is 10.8. The normalized spacial score (nSPS) is 50.6. The topological polar surface area (TPSA) is 18.5 Å². The summed E-state index contributed by atoms with van der Waals surface area (Å²) in [5, 5.41) is 0. The zero-order valence-electron chi connectivity index (χ0n) is 9.71. The summed E-state index contributed by atoms with van der Waals surface area (Å²) in [5.41, 5.74) is 0. The summed E-state index contributed by atoms with van der Waals surface area (Å²) in [4.78, 5) is 0. The van der Waals surface area contributed by atoms with Crippen LogP contribution >= 0.6 is 0 Å². The predicted octanol–water partition coefficient (Wildman–Crippen LogP) is 3.25. The maximum atomic E-state index is 6.22. The molecule has 3 fully saturated rings. The first-order valence-corrected chi connectivity index (χ1v) is 6.63. The fraction of sp³-hybridized carbons (Fsp3) is 1.00. The van der Waals surface area contributed by atoms with E-state index in [1.165, 1.54) is 38.5 Å². The molecule has 2 aliphatic carbocycles. The van der Waals surface area contributed by atoms with Crippen molar-refractivity contribution in [3.63, 3.8) is 0 Å². The van der Waals surface area contributed by atoms with Crippen molar-refractivity contribution in [2.24, 2.45) is 5.92 Å². The highest BCUT2D eigenvalue weighted by Gasteiger charge is 2.48. The highest BCUT2D eigenvalue weighted by Crippen LogP contribution is 2.45. The van der Waals surface area contributed by atoms with E-state index in [1.807, 2.05) is 0 Å². The molecule has 0 bridgehead atoms. The Balaban J connectivity index is 1.68. The fourth-order valence-corrected chi connectivity index (χ4v) is 3.35. The van der Waals surface area contributed by atoms with Crippen LogP contribution in [0, 0.1) is 5.92 Å². The first-order chi connectivity index (χ1) is 7.27. The van der Waals surface area contributed by atoms with Gasteiger partial charge in [0.2, 0.25) is 0 Å². The van der Waals surface area contributed by atoms with Crippen LogP contribution in [-0.2, 0) is 9.47 Å². The summed E-state index contributed by atoms with van der Waals surface area (Å²) >= 11 is 0. The van der Waals surface area contributed by atoms with Crippen molar-refractivity contribution < 1.29 is 9.47 Å². The maximum absolute atomic E-state index is 6.22. The SMILES string of the molecule is CC1CCC2(CC1)O[C@@H]1CCCC[C@H]1O2. The van der Waals surface area contributed by atoms with Gasteiger partial charge in [-0.1, -0.05) is 19.8 Å². The van der Waals surface area contributed by atoms with Gasteiger partial charge in [-0.2, -0.15) is 0 Å². The van der Waals surface area contributed by atoms with E-state index >= 15 is 0 Å². The molecule has 0 aromatic carbocycles. The molecule has 0 aromatic rings. The van der Waals surface area contributed by atoms with Gasteiger partial charge in [0.1, 0.15) is 0 Å². The molecule has 1 saturated heterocycles. The second-order valence-corrected chi connectivity index (χ2v) is 5.69. The van der Waals surface area contributed by atoms with E-state index in [4.69, 9.17) is 9.47 Å². The molecule has 0 N–H and O–H groups in total. The molecule has 15 heavy (non-hydrogen) atoms. The van der Waals surface area contributed by atoms with Crippen molar-refractivity contribution in [2.75, 3.05) is 0 Å². The molecule has 2 nitrogen and oxygen atoms in total. The second kappa shape index (κ2) is 3.74. The molecular weight excluding hydrogens is 188 g/mol. The van der Waals surface area contributed by atoms with Crippen LogP contribution in [0.15, 0.2) is 0 Å². The molecule has 2 heteroatoms. The number of ether oxygens (including phenoxy) is 2. The van der Waals surface area contributed by atoms with E-state index in [-0.39, 0.29) is 5.79 Å². The van der Waals surface area contributed by atoms with Gasteiger partial charge in [-0.3, -0.25) is 0 Å². The van der Waals surface area contributed by atoms with Crippen LogP contribution < -0.4 is 0 Å². The van der Waals surface area contributed by atoms with E-state index in [0.717, 1.165) is 18.8 Å². The summed E-state index contributed by atoms with van der Waals surface area (Å²) < 4.78 is 12.4. The van der Waals surface area contributed by atoms with E-state index in [9.17, 15) is 0 Å². The van der Waals surface area contributed by atoms with Gasteiger partial charge in [-0.25, -0.2) is 0 Å². The Labute approximate surface area is 92.3 Å². The fourth-order valence-electron chi connectivity index (χ4n) is 3.35. The minimum absolute atomic E-state index is 0.161. The quantitative estimate of drug-likeness (QED) is 0.611. The Morgan fingerprint density at radius 3 is 1.93 bits per heavy atom. The van der Waals surface area contributed by atoms with Gasteiger partial charge in [0.15, 0.2) is 5.79 Å². The van der Waals surface area contributed by atoms with Crippen LogP contribution in [0.5, 0.6) is 0 Å². The summed E-state index contributed by atoms with van der Waals surface area (Å²) in [6, 6.07) is 0. The molecule has 1 spiro atoms. The van der Waals surface area contributed by atoms with E-state index in [1.54, 1.807) is 0 Å². The van der Waals surface area contributed by atoms with Crippen molar-refractivity contribution >= 4 is 0 Å². The monoisotopic (exact) mass is 210 g/mol. The third-order valence-electron chi connectivity index (χ3n) is 4.41. The van der Waals surface area contributed by atoms with Gasteiger partial charge in [0.25, 0.3) is 0 Å². The van der Waals surface area contributed by atoms with Gasteiger partial charge in [0.05, 0.1) is 12.2 Å². The number of hydrogen-bond donors (Lipinski definition) is 0. The lowest BCUT2D eigenvalue weighted by Crippen LogP contribution is -2.35. The van der Waals surface area contributed by atoms with Crippen LogP contribution in [0.2, 0.25) is 0 Å². The third-order valence-corrected chi connectivity index (χ3v) is 4.41. The smallest absolute Gasteiger partial charge is 0.169 e. The lowest BCUT2D eigenvalue weighted by atomic mass is 9.86. The molecule has 86 valence electrons. The Bertz CT molecular complexity index is 215. The average Bonchev–Trinajstić information content (AvgIpc) is 2.61. The zero-order valence-corrected chi connectivity index (χ0v) is 9.71. The second-order valence-electron chi connectivity index (χ2n) is 5.69. The largest absolute Gasteiger partial charge is 0.344 e.